The molecule has 2 aliphatic carbocycles. The first-order valence-electron chi connectivity index (χ1n) is 12.7. The first-order valence-corrected chi connectivity index (χ1v) is 12.7. The number of carbonyl (C=O) groups excluding carboxylic acids is 3. The smallest absolute Gasteiger partial charge is 0.352 e. The van der Waals surface area contributed by atoms with Crippen LogP contribution < -0.4 is 9.47 Å². The number of aliphatic hydroxyl groups is 1. The number of ether oxygens (including phenoxy) is 5. The van der Waals surface area contributed by atoms with Gasteiger partial charge in [-0.3, -0.25) is 9.59 Å². The third-order valence-corrected chi connectivity index (χ3v) is 8.33. The maximum Gasteiger partial charge on any atom is 0.352 e. The molecule has 0 amide bonds. The Balaban J connectivity index is 1.41. The van der Waals surface area contributed by atoms with E-state index in [1.54, 1.807) is 6.08 Å². The normalized spacial score (nSPS) is 29.6. The van der Waals surface area contributed by atoms with Gasteiger partial charge in [-0.15, -0.1) is 0 Å². The second kappa shape index (κ2) is 9.53. The molecule has 12 nitrogen and oxygen atoms in total. The molecule has 2 unspecified atom stereocenters. The van der Waals surface area contributed by atoms with Crippen LogP contribution in [0, 0.1) is 0 Å². The number of esters is 3. The molecule has 5 rings (SSSR count). The second-order valence-corrected chi connectivity index (χ2v) is 10.5. The summed E-state index contributed by atoms with van der Waals surface area (Å²) in [6.45, 7) is 2.98. The van der Waals surface area contributed by atoms with E-state index in [-0.39, 0.29) is 18.2 Å². The van der Waals surface area contributed by atoms with Gasteiger partial charge >= 0.3 is 23.9 Å². The van der Waals surface area contributed by atoms with E-state index in [0.717, 1.165) is 18.1 Å². The van der Waals surface area contributed by atoms with Crippen LogP contribution >= 0.6 is 0 Å². The van der Waals surface area contributed by atoms with Gasteiger partial charge < -0.3 is 38.8 Å². The van der Waals surface area contributed by atoms with E-state index < -0.39 is 59.6 Å². The molecule has 1 aromatic rings. The standard InChI is InChI=1S/C27H31NO11/c1-13(36-25(33)18(12-20(30)31)37-14(2)29)24(32)38-17-7-8-27(34)19-11-15-5-6-16(35-4)22-21(15)26(27,23(17)39-22)9-10-28(19)3/h5-7,13,18-19,23,34H,8-12H2,1-4H3,(H,30,31)/t13?,18?,19-,23+,26+,27-/m1/s1. The number of aliphatic carboxylic acids is 1. The van der Waals surface area contributed by atoms with Crippen molar-refractivity contribution in [3.63, 3.8) is 0 Å². The van der Waals surface area contributed by atoms with Crippen molar-refractivity contribution in [2.24, 2.45) is 0 Å². The lowest BCUT2D eigenvalue weighted by molar-refractivity contribution is -0.181. The van der Waals surface area contributed by atoms with Crippen LogP contribution in [0.1, 0.15) is 44.2 Å². The number of carboxylic acid groups (broad SMARTS) is 1. The van der Waals surface area contributed by atoms with Crippen molar-refractivity contribution in [3.8, 4) is 11.5 Å². The van der Waals surface area contributed by atoms with Crippen molar-refractivity contribution < 1.29 is 53.1 Å². The minimum absolute atomic E-state index is 0.176. The van der Waals surface area contributed by atoms with Crippen molar-refractivity contribution >= 4 is 23.9 Å². The molecule has 4 aliphatic rings. The van der Waals surface area contributed by atoms with Crippen molar-refractivity contribution in [3.05, 3.63) is 35.1 Å². The lowest BCUT2D eigenvalue weighted by Crippen LogP contribution is -2.74. The molecule has 2 N–H and O–H groups in total. The molecule has 0 saturated carbocycles. The number of likely N-dealkylation sites (N-methyl/N-ethyl adjacent to an activating group) is 1. The predicted molar refractivity (Wildman–Crippen MR) is 131 cm³/mol. The molecule has 1 spiro atoms. The summed E-state index contributed by atoms with van der Waals surface area (Å²) < 4.78 is 27.5. The van der Waals surface area contributed by atoms with Crippen LogP contribution in [-0.4, -0.2) is 89.6 Å². The predicted octanol–water partition coefficient (Wildman–Crippen LogP) is 0.854. The van der Waals surface area contributed by atoms with E-state index in [1.807, 2.05) is 19.2 Å². The first-order chi connectivity index (χ1) is 18.4. The molecule has 39 heavy (non-hydrogen) atoms. The largest absolute Gasteiger partial charge is 0.493 e. The van der Waals surface area contributed by atoms with Crippen molar-refractivity contribution in [2.75, 3.05) is 20.7 Å². The monoisotopic (exact) mass is 545 g/mol. The number of benzene rings is 1. The summed E-state index contributed by atoms with van der Waals surface area (Å²) in [5.41, 5.74) is -0.150. The van der Waals surface area contributed by atoms with E-state index in [0.29, 0.717) is 30.9 Å². The summed E-state index contributed by atoms with van der Waals surface area (Å²) in [7, 11) is 3.52. The van der Waals surface area contributed by atoms with Crippen LogP contribution in [0.25, 0.3) is 0 Å². The highest BCUT2D eigenvalue weighted by molar-refractivity contribution is 5.86. The Labute approximate surface area is 224 Å². The van der Waals surface area contributed by atoms with Gasteiger partial charge in [0.15, 0.2) is 23.7 Å². The van der Waals surface area contributed by atoms with Crippen LogP contribution in [0.4, 0.5) is 0 Å². The Morgan fingerprint density at radius 1 is 1.21 bits per heavy atom. The molecule has 2 bridgehead atoms. The summed E-state index contributed by atoms with van der Waals surface area (Å²) >= 11 is 0. The fourth-order valence-corrected chi connectivity index (χ4v) is 6.62. The van der Waals surface area contributed by atoms with Crippen LogP contribution in [-0.2, 0) is 45.2 Å². The summed E-state index contributed by atoms with van der Waals surface area (Å²) in [6.07, 6.45) is -1.78. The number of hydrogen-bond donors (Lipinski definition) is 2. The molecule has 1 aromatic carbocycles. The van der Waals surface area contributed by atoms with Gasteiger partial charge in [-0.25, -0.2) is 9.59 Å². The Morgan fingerprint density at radius 3 is 2.62 bits per heavy atom. The number of methoxy groups -OCH3 is 1. The zero-order valence-corrected chi connectivity index (χ0v) is 22.1. The van der Waals surface area contributed by atoms with Gasteiger partial charge in [0.1, 0.15) is 5.76 Å². The molecular formula is C27H31NO11. The fourth-order valence-electron chi connectivity index (χ4n) is 6.62. The number of rotatable bonds is 8. The number of nitrogens with zero attached hydrogens (tertiary/aromatic N) is 1. The first kappa shape index (κ1) is 26.9. The number of piperidine rings is 1. The highest BCUT2D eigenvalue weighted by Crippen LogP contribution is 2.65. The molecule has 1 fully saturated rings. The molecule has 6 atom stereocenters. The zero-order chi connectivity index (χ0) is 28.3. The fraction of sp³-hybridized carbons (Fsp3) is 0.556. The molecule has 1 saturated heterocycles. The van der Waals surface area contributed by atoms with E-state index >= 15 is 0 Å². The summed E-state index contributed by atoms with van der Waals surface area (Å²) in [6, 6.07) is 3.64. The Bertz CT molecular complexity index is 1260. The van der Waals surface area contributed by atoms with E-state index in [2.05, 4.69) is 4.90 Å². The zero-order valence-electron chi connectivity index (χ0n) is 22.1. The third-order valence-electron chi connectivity index (χ3n) is 8.33. The Morgan fingerprint density at radius 2 is 1.95 bits per heavy atom. The molecule has 0 aromatic heterocycles. The topological polar surface area (TPSA) is 158 Å². The molecule has 2 heterocycles. The van der Waals surface area contributed by atoms with E-state index in [4.69, 9.17) is 28.8 Å². The average molecular weight is 546 g/mol. The van der Waals surface area contributed by atoms with Crippen molar-refractivity contribution in [1.82, 2.24) is 4.90 Å². The molecule has 2 aliphatic heterocycles. The van der Waals surface area contributed by atoms with Crippen LogP contribution in [0.3, 0.4) is 0 Å². The Kier molecular flexibility index (Phi) is 6.58. The highest BCUT2D eigenvalue weighted by Gasteiger charge is 2.72. The average Bonchev–Trinajstić information content (AvgIpc) is 3.22. The summed E-state index contributed by atoms with van der Waals surface area (Å²) in [5, 5.41) is 21.2. The van der Waals surface area contributed by atoms with Crippen LogP contribution in [0.15, 0.2) is 24.0 Å². The summed E-state index contributed by atoms with van der Waals surface area (Å²) in [5.74, 6) is -3.16. The van der Waals surface area contributed by atoms with E-state index in [9.17, 15) is 24.3 Å². The number of carboxylic acids is 1. The Hall–Kier alpha value is -3.64. The van der Waals surface area contributed by atoms with Gasteiger partial charge in [0, 0.05) is 24.9 Å². The van der Waals surface area contributed by atoms with Crippen molar-refractivity contribution in [1.29, 1.82) is 0 Å². The molecule has 12 heteroatoms. The number of carbonyl (C=O) groups is 4. The van der Waals surface area contributed by atoms with Crippen molar-refractivity contribution in [2.45, 2.75) is 74.9 Å². The van der Waals surface area contributed by atoms with Gasteiger partial charge in [0.25, 0.3) is 0 Å². The van der Waals surface area contributed by atoms with Crippen LogP contribution in [0.5, 0.6) is 11.5 Å². The second-order valence-electron chi connectivity index (χ2n) is 10.5. The molecular weight excluding hydrogens is 514 g/mol. The van der Waals surface area contributed by atoms with E-state index in [1.165, 1.54) is 14.0 Å². The third kappa shape index (κ3) is 4.04. The quantitative estimate of drug-likeness (QED) is 0.351. The van der Waals surface area contributed by atoms with Crippen LogP contribution in [0.2, 0.25) is 0 Å². The number of hydrogen-bond acceptors (Lipinski definition) is 11. The van der Waals surface area contributed by atoms with Gasteiger partial charge in [0.05, 0.1) is 24.5 Å². The minimum atomic E-state index is -1.71. The molecule has 0 radical (unpaired) electrons. The van der Waals surface area contributed by atoms with Gasteiger partial charge in [0.2, 0.25) is 6.10 Å². The number of likely N-dealkylation sites (tertiary alicyclic amines) is 1. The lowest BCUT2D eigenvalue weighted by Gasteiger charge is -2.61. The van der Waals surface area contributed by atoms with Gasteiger partial charge in [-0.1, -0.05) is 6.07 Å². The van der Waals surface area contributed by atoms with Gasteiger partial charge in [-0.05, 0) is 51.1 Å². The highest BCUT2D eigenvalue weighted by atomic mass is 16.6. The maximum atomic E-state index is 13.0. The summed E-state index contributed by atoms with van der Waals surface area (Å²) in [4.78, 5) is 50.0. The molecule has 210 valence electrons. The minimum Gasteiger partial charge on any atom is -0.493 e. The lowest BCUT2D eigenvalue weighted by atomic mass is 9.50. The van der Waals surface area contributed by atoms with Gasteiger partial charge in [-0.2, -0.15) is 0 Å². The SMILES string of the molecule is COc1ccc2c3c1O[C@H]1C(OC(=O)C(C)OC(=O)C(CC(=O)O)OC(C)=O)=CC[C@@]4(O)[C@@H](C2)N(C)CC[C@]314. The maximum absolute atomic E-state index is 13.0.